The van der Waals surface area contributed by atoms with Crippen LogP contribution in [-0.2, 0) is 11.3 Å². The van der Waals surface area contributed by atoms with Crippen molar-refractivity contribution in [2.75, 3.05) is 5.32 Å². The van der Waals surface area contributed by atoms with Crippen LogP contribution in [0.2, 0.25) is 5.02 Å². The van der Waals surface area contributed by atoms with Crippen molar-refractivity contribution in [3.8, 4) is 0 Å². The number of aryl methyl sites for hydroxylation is 2. The van der Waals surface area contributed by atoms with E-state index in [-0.39, 0.29) is 0 Å². The van der Waals surface area contributed by atoms with Gasteiger partial charge in [0, 0.05) is 0 Å². The maximum absolute atomic E-state index is 13.5. The molecule has 0 aliphatic rings. The van der Waals surface area contributed by atoms with Crippen LogP contribution in [0.15, 0.2) is 24.3 Å². The Morgan fingerprint density at radius 1 is 1.09 bits per heavy atom. The van der Waals surface area contributed by atoms with E-state index < -0.39 is 41.2 Å². The predicted molar refractivity (Wildman–Crippen MR) is 112 cm³/mol. The van der Waals surface area contributed by atoms with Crippen LogP contribution in [0.1, 0.15) is 59.7 Å². The molecule has 1 unspecified atom stereocenters. The quantitative estimate of drug-likeness (QED) is 0.444. The van der Waals surface area contributed by atoms with E-state index in [1.165, 1.54) is 6.92 Å². The van der Waals surface area contributed by atoms with Crippen molar-refractivity contribution in [3.63, 3.8) is 0 Å². The standard InChI is InChI=1S/C21H22ClF4N5O/c1-10-7-5-6-8-14(10)9-30-12(3)16(11(2)28-30)27-21(32)13(4)31-18(20(25)26)15(22)17(29-31)19(23)24/h5-8,13,19-20H,9H2,1-4H3,(H,27,32). The van der Waals surface area contributed by atoms with Gasteiger partial charge in [0.25, 0.3) is 12.9 Å². The largest absolute Gasteiger partial charge is 0.321 e. The molecule has 3 rings (SSSR count). The molecule has 6 nitrogen and oxygen atoms in total. The number of halogens is 5. The normalized spacial score (nSPS) is 12.6. The summed E-state index contributed by atoms with van der Waals surface area (Å²) in [6.45, 7) is 7.21. The molecule has 0 saturated carbocycles. The topological polar surface area (TPSA) is 64.7 Å². The Kier molecular flexibility index (Phi) is 6.92. The van der Waals surface area contributed by atoms with E-state index in [2.05, 4.69) is 15.5 Å². The monoisotopic (exact) mass is 471 g/mol. The molecule has 0 saturated heterocycles. The van der Waals surface area contributed by atoms with Crippen molar-refractivity contribution in [2.45, 2.75) is 53.1 Å². The van der Waals surface area contributed by atoms with E-state index in [4.69, 9.17) is 11.6 Å². The number of rotatable bonds is 7. The second kappa shape index (κ2) is 9.32. The third-order valence-electron chi connectivity index (χ3n) is 5.28. The molecule has 3 aromatic rings. The summed E-state index contributed by atoms with van der Waals surface area (Å²) in [5.41, 5.74) is 1.83. The molecular formula is C21H22ClF4N5O. The van der Waals surface area contributed by atoms with E-state index in [0.717, 1.165) is 11.1 Å². The number of carbonyl (C=O) groups excluding carboxylic acids is 1. The highest BCUT2D eigenvalue weighted by atomic mass is 35.5. The van der Waals surface area contributed by atoms with Gasteiger partial charge in [-0.1, -0.05) is 35.9 Å². The number of anilines is 1. The predicted octanol–water partition coefficient (Wildman–Crippen LogP) is 5.78. The zero-order chi connectivity index (χ0) is 23.7. The number of hydrogen-bond donors (Lipinski definition) is 1. The first-order chi connectivity index (χ1) is 15.0. The minimum Gasteiger partial charge on any atom is -0.321 e. The number of aromatic nitrogens is 4. The highest BCUT2D eigenvalue weighted by Crippen LogP contribution is 2.36. The molecule has 2 aromatic heterocycles. The zero-order valence-electron chi connectivity index (χ0n) is 17.8. The number of carbonyl (C=O) groups is 1. The molecule has 0 radical (unpaired) electrons. The summed E-state index contributed by atoms with van der Waals surface area (Å²) in [6, 6.07) is 6.49. The minimum absolute atomic E-state index is 0.418. The van der Waals surface area contributed by atoms with Crippen molar-refractivity contribution in [1.29, 1.82) is 0 Å². The Hall–Kier alpha value is -2.88. The minimum atomic E-state index is -3.18. The van der Waals surface area contributed by atoms with E-state index in [0.29, 0.717) is 28.3 Å². The van der Waals surface area contributed by atoms with E-state index in [1.807, 2.05) is 31.2 Å². The molecule has 2 heterocycles. The Morgan fingerprint density at radius 2 is 1.75 bits per heavy atom. The van der Waals surface area contributed by atoms with Crippen molar-refractivity contribution >= 4 is 23.2 Å². The first-order valence-corrected chi connectivity index (χ1v) is 10.1. The van der Waals surface area contributed by atoms with Gasteiger partial charge in [-0.25, -0.2) is 22.2 Å². The summed E-state index contributed by atoms with van der Waals surface area (Å²) in [5, 5.41) is 9.76. The maximum atomic E-state index is 13.5. The summed E-state index contributed by atoms with van der Waals surface area (Å²) < 4.78 is 55.4. The summed E-state index contributed by atoms with van der Waals surface area (Å²) in [4.78, 5) is 12.8. The lowest BCUT2D eigenvalue weighted by Gasteiger charge is -2.16. The van der Waals surface area contributed by atoms with Gasteiger partial charge in [0.05, 0.1) is 28.6 Å². The highest BCUT2D eigenvalue weighted by Gasteiger charge is 2.32. The molecule has 0 fully saturated rings. The molecule has 172 valence electrons. The van der Waals surface area contributed by atoms with Crippen molar-refractivity contribution in [2.24, 2.45) is 0 Å². The first kappa shape index (κ1) is 23.8. The van der Waals surface area contributed by atoms with Gasteiger partial charge in [-0.3, -0.25) is 9.48 Å². The maximum Gasteiger partial charge on any atom is 0.283 e. The smallest absolute Gasteiger partial charge is 0.283 e. The van der Waals surface area contributed by atoms with Crippen molar-refractivity contribution in [3.05, 3.63) is 63.2 Å². The lowest BCUT2D eigenvalue weighted by molar-refractivity contribution is -0.119. The SMILES string of the molecule is Cc1ccccc1Cn1nc(C)c(NC(=O)C(C)n2nc(C(F)F)c(Cl)c2C(F)F)c1C. The molecule has 0 bridgehead atoms. The molecule has 1 N–H and O–H groups in total. The van der Waals surface area contributed by atoms with Crippen LogP contribution < -0.4 is 5.32 Å². The third kappa shape index (κ3) is 4.50. The van der Waals surface area contributed by atoms with Crippen LogP contribution in [0.3, 0.4) is 0 Å². The molecule has 11 heteroatoms. The van der Waals surface area contributed by atoms with Crippen LogP contribution >= 0.6 is 11.6 Å². The molecule has 0 aliphatic carbocycles. The summed E-state index contributed by atoms with van der Waals surface area (Å²) in [7, 11) is 0. The Labute approximate surface area is 187 Å². The number of nitrogens with one attached hydrogen (secondary N) is 1. The Bertz CT molecular complexity index is 1140. The van der Waals surface area contributed by atoms with Gasteiger partial charge in [0.2, 0.25) is 5.91 Å². The molecule has 1 atom stereocenters. The van der Waals surface area contributed by atoms with Gasteiger partial charge in [-0.05, 0) is 38.8 Å². The van der Waals surface area contributed by atoms with Crippen molar-refractivity contribution in [1.82, 2.24) is 19.6 Å². The molecule has 0 spiro atoms. The fourth-order valence-electron chi connectivity index (χ4n) is 3.40. The first-order valence-electron chi connectivity index (χ1n) is 9.76. The lowest BCUT2D eigenvalue weighted by Crippen LogP contribution is -2.26. The summed E-state index contributed by atoms with van der Waals surface area (Å²) in [6.07, 6.45) is -6.33. The van der Waals surface area contributed by atoms with Crippen LogP contribution in [0.4, 0.5) is 23.2 Å². The van der Waals surface area contributed by atoms with Gasteiger partial charge in [0.15, 0.2) is 0 Å². The van der Waals surface area contributed by atoms with Crippen molar-refractivity contribution < 1.29 is 22.4 Å². The molecule has 32 heavy (non-hydrogen) atoms. The van der Waals surface area contributed by atoms with E-state index >= 15 is 0 Å². The lowest BCUT2D eigenvalue weighted by atomic mass is 10.1. The van der Waals surface area contributed by atoms with Gasteiger partial charge < -0.3 is 5.32 Å². The average Bonchev–Trinajstić information content (AvgIpc) is 3.21. The number of nitrogens with zero attached hydrogens (tertiary/aromatic N) is 4. The molecule has 0 aliphatic heterocycles. The third-order valence-corrected chi connectivity index (χ3v) is 5.67. The summed E-state index contributed by atoms with van der Waals surface area (Å²) in [5.74, 6) is -0.714. The van der Waals surface area contributed by atoms with E-state index in [9.17, 15) is 22.4 Å². The number of hydrogen-bond acceptors (Lipinski definition) is 3. The van der Waals surface area contributed by atoms with Gasteiger partial charge in [-0.15, -0.1) is 0 Å². The molecular weight excluding hydrogens is 450 g/mol. The number of benzene rings is 1. The molecule has 1 aromatic carbocycles. The van der Waals surface area contributed by atoms with Crippen LogP contribution in [0, 0.1) is 20.8 Å². The summed E-state index contributed by atoms with van der Waals surface area (Å²) >= 11 is 5.68. The van der Waals surface area contributed by atoms with Gasteiger partial charge in [0.1, 0.15) is 17.4 Å². The number of alkyl halides is 4. The van der Waals surface area contributed by atoms with Crippen LogP contribution in [0.5, 0.6) is 0 Å². The highest BCUT2D eigenvalue weighted by molar-refractivity contribution is 6.32. The fraction of sp³-hybridized carbons (Fsp3) is 0.381. The number of amides is 1. The van der Waals surface area contributed by atoms with Gasteiger partial charge >= 0.3 is 0 Å². The van der Waals surface area contributed by atoms with Gasteiger partial charge in [-0.2, -0.15) is 10.2 Å². The van der Waals surface area contributed by atoms with E-state index in [1.54, 1.807) is 18.5 Å². The Morgan fingerprint density at radius 3 is 2.34 bits per heavy atom. The van der Waals surface area contributed by atoms with Crippen LogP contribution in [0.25, 0.3) is 0 Å². The fourth-order valence-corrected chi connectivity index (χ4v) is 3.68. The second-order valence-electron chi connectivity index (χ2n) is 7.43. The second-order valence-corrected chi connectivity index (χ2v) is 7.80. The Balaban J connectivity index is 1.87. The molecule has 1 amide bonds. The van der Waals surface area contributed by atoms with Crippen LogP contribution in [-0.4, -0.2) is 25.5 Å². The average molecular weight is 472 g/mol. The zero-order valence-corrected chi connectivity index (χ0v) is 18.6.